The van der Waals surface area contributed by atoms with Gasteiger partial charge in [-0.1, -0.05) is 39.7 Å². The van der Waals surface area contributed by atoms with Crippen molar-refractivity contribution in [3.8, 4) is 0 Å². The van der Waals surface area contributed by atoms with E-state index in [9.17, 15) is 9.59 Å². The van der Waals surface area contributed by atoms with Crippen molar-refractivity contribution in [2.75, 3.05) is 5.32 Å². The van der Waals surface area contributed by atoms with Crippen LogP contribution in [0.15, 0.2) is 34.8 Å². The molecular weight excluding hydrogens is 354 g/mol. The standard InChI is InChI=1S/C16H11BrClNO2/c1-8-2-3-9(5-12(8)17)16(21)11-4-10-6-15(20)19-14(10)7-13(11)18/h2-5,7H,6H2,1H3,(H,19,20). The van der Waals surface area contributed by atoms with Crippen LogP contribution in [0.5, 0.6) is 0 Å². The third-order valence-corrected chi connectivity index (χ3v) is 4.66. The lowest BCUT2D eigenvalue weighted by molar-refractivity contribution is -0.115. The predicted octanol–water partition coefficient (Wildman–Crippen LogP) is 4.14. The van der Waals surface area contributed by atoms with E-state index in [-0.39, 0.29) is 18.1 Å². The molecule has 106 valence electrons. The van der Waals surface area contributed by atoms with Gasteiger partial charge in [-0.25, -0.2) is 0 Å². The number of aryl methyl sites for hydroxylation is 1. The summed E-state index contributed by atoms with van der Waals surface area (Å²) in [4.78, 5) is 24.0. The van der Waals surface area contributed by atoms with Gasteiger partial charge in [0, 0.05) is 21.3 Å². The highest BCUT2D eigenvalue weighted by Crippen LogP contribution is 2.31. The fourth-order valence-electron chi connectivity index (χ4n) is 2.31. The summed E-state index contributed by atoms with van der Waals surface area (Å²) in [5.41, 5.74) is 3.53. The van der Waals surface area contributed by atoms with Crippen LogP contribution in [0.4, 0.5) is 5.69 Å². The van der Waals surface area contributed by atoms with Crippen molar-refractivity contribution in [2.24, 2.45) is 0 Å². The predicted molar refractivity (Wildman–Crippen MR) is 86.1 cm³/mol. The van der Waals surface area contributed by atoms with Gasteiger partial charge < -0.3 is 5.32 Å². The molecule has 0 radical (unpaired) electrons. The molecule has 0 fully saturated rings. The summed E-state index contributed by atoms with van der Waals surface area (Å²) in [6.45, 7) is 1.96. The monoisotopic (exact) mass is 363 g/mol. The Balaban J connectivity index is 2.04. The van der Waals surface area contributed by atoms with Crippen LogP contribution in [0.25, 0.3) is 0 Å². The average Bonchev–Trinajstić information content (AvgIpc) is 2.79. The molecule has 3 rings (SSSR count). The van der Waals surface area contributed by atoms with Crippen molar-refractivity contribution in [3.05, 3.63) is 62.1 Å². The maximum Gasteiger partial charge on any atom is 0.228 e. The molecule has 1 heterocycles. The average molecular weight is 365 g/mol. The summed E-state index contributed by atoms with van der Waals surface area (Å²) < 4.78 is 0.877. The Labute approximate surface area is 135 Å². The van der Waals surface area contributed by atoms with Gasteiger partial charge in [0.1, 0.15) is 0 Å². The van der Waals surface area contributed by atoms with E-state index in [0.717, 1.165) is 15.6 Å². The molecule has 1 aliphatic rings. The minimum Gasteiger partial charge on any atom is -0.325 e. The number of carbonyl (C=O) groups is 2. The number of nitrogens with one attached hydrogen (secondary N) is 1. The van der Waals surface area contributed by atoms with E-state index in [0.29, 0.717) is 21.8 Å². The van der Waals surface area contributed by atoms with Gasteiger partial charge >= 0.3 is 0 Å². The van der Waals surface area contributed by atoms with E-state index in [1.54, 1.807) is 24.3 Å². The maximum atomic E-state index is 12.6. The number of halogens is 2. The minimum atomic E-state index is -0.150. The van der Waals surface area contributed by atoms with Crippen molar-refractivity contribution in [1.82, 2.24) is 0 Å². The molecule has 3 nitrogen and oxygen atoms in total. The van der Waals surface area contributed by atoms with Crippen LogP contribution in [0.1, 0.15) is 27.0 Å². The molecule has 2 aromatic rings. The van der Waals surface area contributed by atoms with Crippen molar-refractivity contribution >= 4 is 44.9 Å². The van der Waals surface area contributed by atoms with E-state index >= 15 is 0 Å². The van der Waals surface area contributed by atoms with Gasteiger partial charge in [0.05, 0.1) is 11.4 Å². The quantitative estimate of drug-likeness (QED) is 0.814. The highest BCUT2D eigenvalue weighted by molar-refractivity contribution is 9.10. The molecule has 0 aromatic heterocycles. The van der Waals surface area contributed by atoms with Gasteiger partial charge in [0.25, 0.3) is 0 Å². The zero-order valence-electron chi connectivity index (χ0n) is 11.2. The lowest BCUT2D eigenvalue weighted by Gasteiger charge is -2.08. The molecule has 1 amide bonds. The zero-order valence-corrected chi connectivity index (χ0v) is 13.5. The van der Waals surface area contributed by atoms with Gasteiger partial charge in [0.2, 0.25) is 5.91 Å². The number of amides is 1. The first-order valence-corrected chi connectivity index (χ1v) is 7.56. The smallest absolute Gasteiger partial charge is 0.228 e. The number of carbonyl (C=O) groups excluding carboxylic acids is 2. The summed E-state index contributed by atoms with van der Waals surface area (Å²) in [6.07, 6.45) is 0.282. The van der Waals surface area contributed by atoms with E-state index < -0.39 is 0 Å². The molecule has 0 bridgehead atoms. The summed E-state index contributed by atoms with van der Waals surface area (Å²) in [7, 11) is 0. The van der Waals surface area contributed by atoms with Crippen molar-refractivity contribution in [3.63, 3.8) is 0 Å². The number of ketones is 1. The molecule has 0 saturated heterocycles. The molecule has 0 unspecified atom stereocenters. The molecule has 5 heteroatoms. The second-order valence-electron chi connectivity index (χ2n) is 5.01. The molecule has 2 aromatic carbocycles. The zero-order chi connectivity index (χ0) is 15.1. The van der Waals surface area contributed by atoms with Crippen LogP contribution in [-0.2, 0) is 11.2 Å². The Hall–Kier alpha value is -1.65. The van der Waals surface area contributed by atoms with Crippen LogP contribution in [0, 0.1) is 6.92 Å². The van der Waals surface area contributed by atoms with Gasteiger partial charge in [0.15, 0.2) is 5.78 Å². The maximum absolute atomic E-state index is 12.6. The number of fused-ring (bicyclic) bond motifs is 1. The number of anilines is 1. The number of rotatable bonds is 2. The molecule has 0 spiro atoms. The van der Waals surface area contributed by atoms with E-state index in [1.165, 1.54) is 0 Å². The van der Waals surface area contributed by atoms with Gasteiger partial charge in [-0.05, 0) is 36.2 Å². The summed E-state index contributed by atoms with van der Waals surface area (Å²) >= 11 is 9.61. The van der Waals surface area contributed by atoms with Crippen LogP contribution < -0.4 is 5.32 Å². The van der Waals surface area contributed by atoms with Gasteiger partial charge in [-0.15, -0.1) is 0 Å². The Kier molecular flexibility index (Phi) is 3.59. The molecule has 1 aliphatic heterocycles. The number of hydrogen-bond acceptors (Lipinski definition) is 2. The summed E-state index contributed by atoms with van der Waals surface area (Å²) in [5, 5.41) is 3.06. The number of hydrogen-bond donors (Lipinski definition) is 1. The summed E-state index contributed by atoms with van der Waals surface area (Å²) in [6, 6.07) is 8.77. The van der Waals surface area contributed by atoms with Crippen LogP contribution in [-0.4, -0.2) is 11.7 Å². The van der Waals surface area contributed by atoms with Crippen molar-refractivity contribution in [2.45, 2.75) is 13.3 Å². The first kappa shape index (κ1) is 14.3. The highest BCUT2D eigenvalue weighted by Gasteiger charge is 2.22. The second kappa shape index (κ2) is 5.28. The number of benzene rings is 2. The van der Waals surface area contributed by atoms with Gasteiger partial charge in [-0.3, -0.25) is 9.59 Å². The van der Waals surface area contributed by atoms with Crippen molar-refractivity contribution in [1.29, 1.82) is 0 Å². The third-order valence-electron chi connectivity index (χ3n) is 3.50. The van der Waals surface area contributed by atoms with Crippen LogP contribution in [0.3, 0.4) is 0 Å². The van der Waals surface area contributed by atoms with Crippen molar-refractivity contribution < 1.29 is 9.59 Å². The lowest BCUT2D eigenvalue weighted by Crippen LogP contribution is -2.03. The highest BCUT2D eigenvalue weighted by atomic mass is 79.9. The van der Waals surface area contributed by atoms with Crippen LogP contribution in [0.2, 0.25) is 5.02 Å². The topological polar surface area (TPSA) is 46.2 Å². The summed E-state index contributed by atoms with van der Waals surface area (Å²) in [5.74, 6) is -0.230. The molecule has 0 atom stereocenters. The molecule has 0 saturated carbocycles. The Morgan fingerprint density at radius 1 is 1.29 bits per heavy atom. The normalized spacial score (nSPS) is 13.0. The van der Waals surface area contributed by atoms with E-state index in [2.05, 4.69) is 21.2 Å². The first-order valence-electron chi connectivity index (χ1n) is 6.39. The Bertz CT molecular complexity index is 786. The Morgan fingerprint density at radius 2 is 2.05 bits per heavy atom. The minimum absolute atomic E-state index is 0.0799. The van der Waals surface area contributed by atoms with Gasteiger partial charge in [-0.2, -0.15) is 0 Å². The molecule has 1 N–H and O–H groups in total. The molecule has 21 heavy (non-hydrogen) atoms. The lowest BCUT2D eigenvalue weighted by atomic mass is 9.99. The molecule has 0 aliphatic carbocycles. The fraction of sp³-hybridized carbons (Fsp3) is 0.125. The van der Waals surface area contributed by atoms with E-state index in [1.807, 2.05) is 13.0 Å². The third kappa shape index (κ3) is 2.61. The van der Waals surface area contributed by atoms with Crippen LogP contribution >= 0.6 is 27.5 Å². The fourth-order valence-corrected chi connectivity index (χ4v) is 2.94. The second-order valence-corrected chi connectivity index (χ2v) is 6.27. The SMILES string of the molecule is Cc1ccc(C(=O)c2cc3c(cc2Cl)NC(=O)C3)cc1Br. The largest absolute Gasteiger partial charge is 0.325 e. The van der Waals surface area contributed by atoms with E-state index in [4.69, 9.17) is 11.6 Å². The Morgan fingerprint density at radius 3 is 2.76 bits per heavy atom. The first-order chi connectivity index (χ1) is 9.95. The molecular formula is C16H11BrClNO2.